The van der Waals surface area contributed by atoms with Gasteiger partial charge in [-0.15, -0.1) is 0 Å². The predicted octanol–water partition coefficient (Wildman–Crippen LogP) is 1.68. The number of nitrogens with two attached hydrogens (primary N) is 1. The summed E-state index contributed by atoms with van der Waals surface area (Å²) in [7, 11) is 0. The lowest BCUT2D eigenvalue weighted by atomic mass is 10.1. The smallest absolute Gasteiger partial charge is 0.409 e. The normalized spacial score (nSPS) is 16.2. The molecular weight excluding hydrogens is 261 g/mol. The quantitative estimate of drug-likeness (QED) is 0.856. The average Bonchev–Trinajstić information content (AvgIpc) is 2.43. The summed E-state index contributed by atoms with van der Waals surface area (Å²) in [5, 5.41) is 0. The molecule has 0 saturated carbocycles. The molecule has 1 fully saturated rings. The van der Waals surface area contributed by atoms with Gasteiger partial charge in [-0.25, -0.2) is 9.18 Å². The lowest BCUT2D eigenvalue weighted by Gasteiger charge is -2.34. The standard InChI is InChI=1S/C14H20FN3O2/c1-2-20-14(19)18-7-5-17(6-8-18)10-11-3-4-12(15)9-13(11)16/h3-4,9H,2,5-8,10,16H2,1H3. The molecule has 0 unspecified atom stereocenters. The lowest BCUT2D eigenvalue weighted by molar-refractivity contribution is 0.0779. The molecule has 0 bridgehead atoms. The molecule has 20 heavy (non-hydrogen) atoms. The van der Waals surface area contributed by atoms with Gasteiger partial charge in [0.2, 0.25) is 0 Å². The van der Waals surface area contributed by atoms with Crippen LogP contribution >= 0.6 is 0 Å². The molecule has 0 aromatic heterocycles. The predicted molar refractivity (Wildman–Crippen MR) is 74.7 cm³/mol. The Morgan fingerprint density at radius 1 is 1.35 bits per heavy atom. The van der Waals surface area contributed by atoms with Crippen LogP contribution in [0, 0.1) is 5.82 Å². The van der Waals surface area contributed by atoms with Crippen molar-refractivity contribution in [1.82, 2.24) is 9.80 Å². The molecule has 0 aliphatic carbocycles. The number of hydrogen-bond acceptors (Lipinski definition) is 4. The molecule has 2 N–H and O–H groups in total. The maximum Gasteiger partial charge on any atom is 0.409 e. The number of anilines is 1. The number of benzene rings is 1. The zero-order valence-corrected chi connectivity index (χ0v) is 11.6. The Morgan fingerprint density at radius 3 is 2.65 bits per heavy atom. The monoisotopic (exact) mass is 281 g/mol. The minimum absolute atomic E-state index is 0.256. The van der Waals surface area contributed by atoms with E-state index >= 15 is 0 Å². The number of rotatable bonds is 3. The van der Waals surface area contributed by atoms with Gasteiger partial charge in [0.1, 0.15) is 5.82 Å². The molecule has 1 aliphatic heterocycles. The van der Waals surface area contributed by atoms with Crippen molar-refractivity contribution < 1.29 is 13.9 Å². The minimum atomic E-state index is -0.321. The Morgan fingerprint density at radius 2 is 2.05 bits per heavy atom. The van der Waals surface area contributed by atoms with E-state index in [0.717, 1.165) is 18.7 Å². The summed E-state index contributed by atoms with van der Waals surface area (Å²) in [5.74, 6) is -0.321. The van der Waals surface area contributed by atoms with Crippen LogP contribution in [-0.4, -0.2) is 48.7 Å². The van der Waals surface area contributed by atoms with Gasteiger partial charge in [0, 0.05) is 38.4 Å². The molecule has 1 amide bonds. The van der Waals surface area contributed by atoms with E-state index in [9.17, 15) is 9.18 Å². The Balaban J connectivity index is 1.86. The summed E-state index contributed by atoms with van der Waals surface area (Å²) < 4.78 is 18.0. The largest absolute Gasteiger partial charge is 0.450 e. The number of halogens is 1. The second-order valence-corrected chi connectivity index (χ2v) is 4.81. The summed E-state index contributed by atoms with van der Waals surface area (Å²) in [6.45, 7) is 5.66. The average molecular weight is 281 g/mol. The number of nitrogen functional groups attached to an aromatic ring is 1. The van der Waals surface area contributed by atoms with Crippen molar-refractivity contribution >= 4 is 11.8 Å². The topological polar surface area (TPSA) is 58.8 Å². The molecule has 0 radical (unpaired) electrons. The summed E-state index contributed by atoms with van der Waals surface area (Å²) in [6, 6.07) is 4.47. The first kappa shape index (κ1) is 14.6. The highest BCUT2D eigenvalue weighted by Gasteiger charge is 2.22. The summed E-state index contributed by atoms with van der Waals surface area (Å²) >= 11 is 0. The molecule has 1 heterocycles. The molecule has 5 nitrogen and oxygen atoms in total. The molecule has 0 atom stereocenters. The number of amides is 1. The molecule has 2 rings (SSSR count). The van der Waals surface area contributed by atoms with Gasteiger partial charge in [-0.05, 0) is 24.6 Å². The fraction of sp³-hybridized carbons (Fsp3) is 0.500. The second kappa shape index (κ2) is 6.56. The van der Waals surface area contributed by atoms with Crippen LogP contribution in [0.25, 0.3) is 0 Å². The van der Waals surface area contributed by atoms with Crippen LogP contribution in [0.2, 0.25) is 0 Å². The third-order valence-electron chi connectivity index (χ3n) is 3.40. The summed E-state index contributed by atoms with van der Waals surface area (Å²) in [5.41, 5.74) is 7.19. The van der Waals surface area contributed by atoms with Gasteiger partial charge in [-0.3, -0.25) is 4.90 Å². The maximum absolute atomic E-state index is 13.0. The number of carbonyl (C=O) groups excluding carboxylic acids is 1. The highest BCUT2D eigenvalue weighted by atomic mass is 19.1. The number of nitrogens with zero attached hydrogens (tertiary/aromatic N) is 2. The van der Waals surface area contributed by atoms with E-state index in [2.05, 4.69) is 4.90 Å². The summed E-state index contributed by atoms with van der Waals surface area (Å²) in [4.78, 5) is 15.5. The van der Waals surface area contributed by atoms with E-state index in [1.165, 1.54) is 12.1 Å². The van der Waals surface area contributed by atoms with Crippen LogP contribution in [0.3, 0.4) is 0 Å². The lowest BCUT2D eigenvalue weighted by Crippen LogP contribution is -2.48. The summed E-state index contributed by atoms with van der Waals surface area (Å²) in [6.07, 6.45) is -0.256. The van der Waals surface area contributed by atoms with Crippen molar-refractivity contribution in [2.75, 3.05) is 38.5 Å². The third-order valence-corrected chi connectivity index (χ3v) is 3.40. The Labute approximate surface area is 118 Å². The van der Waals surface area contributed by atoms with Gasteiger partial charge in [0.05, 0.1) is 6.61 Å². The molecule has 0 spiro atoms. The van der Waals surface area contributed by atoms with Crippen LogP contribution in [0.1, 0.15) is 12.5 Å². The van der Waals surface area contributed by atoms with Crippen molar-refractivity contribution in [2.24, 2.45) is 0 Å². The fourth-order valence-electron chi connectivity index (χ4n) is 2.25. The van der Waals surface area contributed by atoms with Crippen molar-refractivity contribution in [1.29, 1.82) is 0 Å². The van der Waals surface area contributed by atoms with Gasteiger partial charge in [-0.1, -0.05) is 6.07 Å². The Hall–Kier alpha value is -1.82. The van der Waals surface area contributed by atoms with Crippen LogP contribution in [0.4, 0.5) is 14.9 Å². The van der Waals surface area contributed by atoms with Gasteiger partial charge in [0.25, 0.3) is 0 Å². The van der Waals surface area contributed by atoms with Crippen LogP contribution in [-0.2, 0) is 11.3 Å². The highest BCUT2D eigenvalue weighted by molar-refractivity contribution is 5.67. The second-order valence-electron chi connectivity index (χ2n) is 4.81. The van der Waals surface area contributed by atoms with Crippen molar-refractivity contribution in [3.05, 3.63) is 29.6 Å². The Bertz CT molecular complexity index is 473. The van der Waals surface area contributed by atoms with Gasteiger partial charge >= 0.3 is 6.09 Å². The first-order valence-corrected chi connectivity index (χ1v) is 6.78. The molecule has 110 valence electrons. The van der Waals surface area contributed by atoms with E-state index in [4.69, 9.17) is 10.5 Å². The molecule has 1 aromatic carbocycles. The van der Waals surface area contributed by atoms with E-state index in [1.54, 1.807) is 17.9 Å². The van der Waals surface area contributed by atoms with Crippen LogP contribution < -0.4 is 5.73 Å². The van der Waals surface area contributed by atoms with Gasteiger partial charge in [-0.2, -0.15) is 0 Å². The number of hydrogen-bond donors (Lipinski definition) is 1. The van der Waals surface area contributed by atoms with Crippen LogP contribution in [0.5, 0.6) is 0 Å². The van der Waals surface area contributed by atoms with Crippen molar-refractivity contribution in [2.45, 2.75) is 13.5 Å². The number of carbonyl (C=O) groups is 1. The Kier molecular flexibility index (Phi) is 4.79. The van der Waals surface area contributed by atoms with E-state index in [1.807, 2.05) is 0 Å². The first-order valence-electron chi connectivity index (χ1n) is 6.78. The van der Waals surface area contributed by atoms with Gasteiger partial charge in [0.15, 0.2) is 0 Å². The molecular formula is C14H20FN3O2. The number of piperazine rings is 1. The first-order chi connectivity index (χ1) is 9.60. The van der Waals surface area contributed by atoms with Gasteiger partial charge < -0.3 is 15.4 Å². The van der Waals surface area contributed by atoms with E-state index in [0.29, 0.717) is 31.9 Å². The van der Waals surface area contributed by atoms with Crippen LogP contribution in [0.15, 0.2) is 18.2 Å². The highest BCUT2D eigenvalue weighted by Crippen LogP contribution is 2.17. The maximum atomic E-state index is 13.0. The zero-order chi connectivity index (χ0) is 14.5. The SMILES string of the molecule is CCOC(=O)N1CCN(Cc2ccc(F)cc2N)CC1. The van der Waals surface area contributed by atoms with Crippen molar-refractivity contribution in [3.8, 4) is 0 Å². The van der Waals surface area contributed by atoms with E-state index in [-0.39, 0.29) is 11.9 Å². The third kappa shape index (κ3) is 3.60. The molecule has 1 aliphatic rings. The van der Waals surface area contributed by atoms with E-state index < -0.39 is 0 Å². The number of ether oxygens (including phenoxy) is 1. The zero-order valence-electron chi connectivity index (χ0n) is 11.6. The fourth-order valence-corrected chi connectivity index (χ4v) is 2.25. The molecule has 1 saturated heterocycles. The van der Waals surface area contributed by atoms with Crippen molar-refractivity contribution in [3.63, 3.8) is 0 Å². The minimum Gasteiger partial charge on any atom is -0.450 e. The molecule has 1 aromatic rings. The molecule has 6 heteroatoms.